The summed E-state index contributed by atoms with van der Waals surface area (Å²) in [7, 11) is 0. The zero-order chi connectivity index (χ0) is 21.6. The molecule has 1 amide bonds. The molecule has 2 heterocycles. The fourth-order valence-electron chi connectivity index (χ4n) is 4.44. The number of ether oxygens (including phenoxy) is 1. The van der Waals surface area contributed by atoms with Crippen LogP contribution in [0.4, 0.5) is 5.82 Å². The zero-order valence-electron chi connectivity index (χ0n) is 18.4. The maximum Gasteiger partial charge on any atom is 0.257 e. The minimum Gasteiger partial charge on any atom is -0.481 e. The lowest BCUT2D eigenvalue weighted by Gasteiger charge is -2.35. The third kappa shape index (κ3) is 5.54. The van der Waals surface area contributed by atoms with Crippen LogP contribution in [0, 0.1) is 11.8 Å². The largest absolute Gasteiger partial charge is 0.481 e. The number of nitrogens with zero attached hydrogens (tertiary/aromatic N) is 2. The Labute approximate surface area is 184 Å². The van der Waals surface area contributed by atoms with E-state index in [-0.39, 0.29) is 12.5 Å². The predicted octanol–water partition coefficient (Wildman–Crippen LogP) is 4.45. The molecule has 4 rings (SSSR count). The van der Waals surface area contributed by atoms with E-state index in [1.54, 1.807) is 0 Å². The van der Waals surface area contributed by atoms with Gasteiger partial charge in [0.15, 0.2) is 6.61 Å². The summed E-state index contributed by atoms with van der Waals surface area (Å²) in [5.41, 5.74) is 2.01. The van der Waals surface area contributed by atoms with E-state index in [2.05, 4.69) is 48.3 Å². The van der Waals surface area contributed by atoms with E-state index in [0.717, 1.165) is 36.2 Å². The Morgan fingerprint density at radius 2 is 1.81 bits per heavy atom. The standard InChI is InChI=1S/C26H31N3O2/c1-19-15-20(2)17-29(16-19)24-12-11-22-9-6-10-23(26(22)28-24)31-18-25(30)27-14-13-21-7-4-3-5-8-21/h3-12,19-20H,13-18H2,1-2H3,(H,27,30). The van der Waals surface area contributed by atoms with Crippen LogP contribution >= 0.6 is 0 Å². The summed E-state index contributed by atoms with van der Waals surface area (Å²) in [6, 6.07) is 20.2. The predicted molar refractivity (Wildman–Crippen MR) is 126 cm³/mol. The van der Waals surface area contributed by atoms with Gasteiger partial charge in [-0.15, -0.1) is 0 Å². The Balaban J connectivity index is 1.39. The van der Waals surface area contributed by atoms with E-state index >= 15 is 0 Å². The molecule has 1 fully saturated rings. The minimum absolute atomic E-state index is 0.0163. The molecule has 1 saturated heterocycles. The second kappa shape index (κ2) is 9.82. The molecular formula is C26H31N3O2. The summed E-state index contributed by atoms with van der Waals surface area (Å²) in [4.78, 5) is 19.5. The smallest absolute Gasteiger partial charge is 0.257 e. The Kier molecular flexibility index (Phi) is 6.70. The molecule has 0 radical (unpaired) electrons. The second-order valence-electron chi connectivity index (χ2n) is 8.72. The highest BCUT2D eigenvalue weighted by molar-refractivity contribution is 5.86. The highest BCUT2D eigenvalue weighted by atomic mass is 16.5. The highest BCUT2D eigenvalue weighted by Gasteiger charge is 2.23. The van der Waals surface area contributed by atoms with Crippen molar-refractivity contribution in [3.05, 3.63) is 66.2 Å². The van der Waals surface area contributed by atoms with Gasteiger partial charge in [0.2, 0.25) is 0 Å². The summed E-state index contributed by atoms with van der Waals surface area (Å²) < 4.78 is 5.88. The topological polar surface area (TPSA) is 54.5 Å². The number of anilines is 1. The van der Waals surface area contributed by atoms with E-state index in [1.807, 2.05) is 36.4 Å². The fraction of sp³-hybridized carbons (Fsp3) is 0.385. The van der Waals surface area contributed by atoms with Crippen molar-refractivity contribution in [1.29, 1.82) is 0 Å². The average molecular weight is 418 g/mol. The molecule has 0 saturated carbocycles. The SMILES string of the molecule is CC1CC(C)CN(c2ccc3cccc(OCC(=O)NCCc4ccccc4)c3n2)C1. The van der Waals surface area contributed by atoms with E-state index < -0.39 is 0 Å². The first-order valence-corrected chi connectivity index (χ1v) is 11.2. The van der Waals surface area contributed by atoms with Crippen LogP contribution in [0.25, 0.3) is 10.9 Å². The molecule has 5 heteroatoms. The highest BCUT2D eigenvalue weighted by Crippen LogP contribution is 2.29. The minimum atomic E-state index is -0.122. The van der Waals surface area contributed by atoms with Gasteiger partial charge in [0.05, 0.1) is 0 Å². The van der Waals surface area contributed by atoms with Crippen LogP contribution in [-0.2, 0) is 11.2 Å². The maximum absolute atomic E-state index is 12.3. The Morgan fingerprint density at radius 1 is 1.03 bits per heavy atom. The van der Waals surface area contributed by atoms with Gasteiger partial charge in [0.1, 0.15) is 17.1 Å². The number of para-hydroxylation sites is 1. The van der Waals surface area contributed by atoms with E-state index in [1.165, 1.54) is 12.0 Å². The van der Waals surface area contributed by atoms with Gasteiger partial charge in [0, 0.05) is 25.0 Å². The van der Waals surface area contributed by atoms with Crippen molar-refractivity contribution in [1.82, 2.24) is 10.3 Å². The first kappa shape index (κ1) is 21.2. The van der Waals surface area contributed by atoms with Crippen molar-refractivity contribution in [2.24, 2.45) is 11.8 Å². The van der Waals surface area contributed by atoms with Crippen LogP contribution in [0.2, 0.25) is 0 Å². The van der Waals surface area contributed by atoms with Gasteiger partial charge >= 0.3 is 0 Å². The van der Waals surface area contributed by atoms with Crippen LogP contribution < -0.4 is 15.0 Å². The van der Waals surface area contributed by atoms with Crippen LogP contribution in [0.15, 0.2) is 60.7 Å². The quantitative estimate of drug-likeness (QED) is 0.617. The Morgan fingerprint density at radius 3 is 2.58 bits per heavy atom. The normalized spacial score (nSPS) is 18.7. The fourth-order valence-corrected chi connectivity index (χ4v) is 4.44. The molecule has 5 nitrogen and oxygen atoms in total. The number of carbonyl (C=O) groups excluding carboxylic acids is 1. The second-order valence-corrected chi connectivity index (χ2v) is 8.72. The summed E-state index contributed by atoms with van der Waals surface area (Å²) in [5.74, 6) is 2.83. The van der Waals surface area contributed by atoms with Gasteiger partial charge in [-0.25, -0.2) is 4.98 Å². The molecule has 162 valence electrons. The summed E-state index contributed by atoms with van der Waals surface area (Å²) in [5, 5.41) is 3.95. The Bertz CT molecular complexity index is 1010. The third-order valence-electron chi connectivity index (χ3n) is 5.80. The van der Waals surface area contributed by atoms with Gasteiger partial charge in [-0.05, 0) is 48.4 Å². The Hall–Kier alpha value is -3.08. The van der Waals surface area contributed by atoms with Crippen molar-refractivity contribution in [3.8, 4) is 5.75 Å². The van der Waals surface area contributed by atoms with Gasteiger partial charge in [-0.3, -0.25) is 4.79 Å². The number of carbonyl (C=O) groups is 1. The number of aromatic nitrogens is 1. The van der Waals surface area contributed by atoms with Gasteiger partial charge in [-0.1, -0.05) is 56.3 Å². The number of piperidine rings is 1. The van der Waals surface area contributed by atoms with E-state index in [4.69, 9.17) is 9.72 Å². The summed E-state index contributed by atoms with van der Waals surface area (Å²) >= 11 is 0. The molecule has 1 aliphatic heterocycles. The van der Waals surface area contributed by atoms with Crippen molar-refractivity contribution in [2.45, 2.75) is 26.7 Å². The van der Waals surface area contributed by atoms with Crippen LogP contribution in [0.3, 0.4) is 0 Å². The molecule has 2 atom stereocenters. The van der Waals surface area contributed by atoms with Crippen molar-refractivity contribution >= 4 is 22.6 Å². The molecule has 1 aromatic heterocycles. The molecule has 2 aromatic carbocycles. The third-order valence-corrected chi connectivity index (χ3v) is 5.80. The molecule has 1 aliphatic rings. The van der Waals surface area contributed by atoms with Crippen LogP contribution in [0.5, 0.6) is 5.75 Å². The van der Waals surface area contributed by atoms with E-state index in [0.29, 0.717) is 24.1 Å². The van der Waals surface area contributed by atoms with Crippen LogP contribution in [0.1, 0.15) is 25.8 Å². The number of fused-ring (bicyclic) bond motifs is 1. The van der Waals surface area contributed by atoms with Crippen molar-refractivity contribution in [2.75, 3.05) is 31.1 Å². The van der Waals surface area contributed by atoms with E-state index in [9.17, 15) is 4.79 Å². The van der Waals surface area contributed by atoms with Gasteiger partial charge < -0.3 is 15.0 Å². The van der Waals surface area contributed by atoms with Crippen molar-refractivity contribution in [3.63, 3.8) is 0 Å². The van der Waals surface area contributed by atoms with Crippen molar-refractivity contribution < 1.29 is 9.53 Å². The maximum atomic E-state index is 12.3. The lowest BCUT2D eigenvalue weighted by Crippen LogP contribution is -2.39. The number of amides is 1. The number of hydrogen-bond donors (Lipinski definition) is 1. The first-order chi connectivity index (χ1) is 15.1. The molecule has 31 heavy (non-hydrogen) atoms. The molecule has 0 bridgehead atoms. The molecule has 1 N–H and O–H groups in total. The number of hydrogen-bond acceptors (Lipinski definition) is 4. The molecule has 0 spiro atoms. The lowest BCUT2D eigenvalue weighted by atomic mass is 9.92. The molecule has 0 aliphatic carbocycles. The number of nitrogens with one attached hydrogen (secondary N) is 1. The number of benzene rings is 2. The zero-order valence-corrected chi connectivity index (χ0v) is 18.4. The molecular weight excluding hydrogens is 386 g/mol. The summed E-state index contributed by atoms with van der Waals surface area (Å²) in [6.07, 6.45) is 2.07. The first-order valence-electron chi connectivity index (χ1n) is 11.2. The number of rotatable bonds is 7. The monoisotopic (exact) mass is 417 g/mol. The molecule has 2 unspecified atom stereocenters. The van der Waals surface area contributed by atoms with Gasteiger partial charge in [0.25, 0.3) is 5.91 Å². The van der Waals surface area contributed by atoms with Crippen LogP contribution in [-0.4, -0.2) is 37.1 Å². The molecule has 3 aromatic rings. The average Bonchev–Trinajstić information content (AvgIpc) is 2.77. The van der Waals surface area contributed by atoms with Gasteiger partial charge in [-0.2, -0.15) is 0 Å². The lowest BCUT2D eigenvalue weighted by molar-refractivity contribution is -0.123. The number of pyridine rings is 1. The summed E-state index contributed by atoms with van der Waals surface area (Å²) in [6.45, 7) is 7.22.